The molecule has 1 aliphatic heterocycles. The van der Waals surface area contributed by atoms with Crippen molar-refractivity contribution in [2.75, 3.05) is 17.2 Å². The Morgan fingerprint density at radius 1 is 1.53 bits per heavy atom. The minimum absolute atomic E-state index is 0.252. The highest BCUT2D eigenvalue weighted by atomic mass is 79.9. The number of rotatable bonds is 1. The van der Waals surface area contributed by atoms with Gasteiger partial charge in [-0.1, -0.05) is 0 Å². The Morgan fingerprint density at radius 2 is 2.27 bits per heavy atom. The van der Waals surface area contributed by atoms with Gasteiger partial charge in [-0.2, -0.15) is 0 Å². The molecule has 1 fully saturated rings. The molecule has 0 amide bonds. The van der Waals surface area contributed by atoms with Crippen LogP contribution in [-0.2, 0) is 0 Å². The van der Waals surface area contributed by atoms with Crippen molar-refractivity contribution in [3.8, 4) is 0 Å². The van der Waals surface area contributed by atoms with Gasteiger partial charge in [0.15, 0.2) is 0 Å². The molecule has 4 heteroatoms. The van der Waals surface area contributed by atoms with Crippen LogP contribution in [0.2, 0.25) is 0 Å². The number of hydrogen-bond acceptors (Lipinski definition) is 2. The van der Waals surface area contributed by atoms with Crippen molar-refractivity contribution in [3.05, 3.63) is 22.4 Å². The van der Waals surface area contributed by atoms with Gasteiger partial charge in [0, 0.05) is 18.7 Å². The summed E-state index contributed by atoms with van der Waals surface area (Å²) in [5.74, 6) is -0.252. The van der Waals surface area contributed by atoms with E-state index in [0.29, 0.717) is 16.2 Å². The number of nitrogen functional groups attached to an aromatic ring is 1. The quantitative estimate of drug-likeness (QED) is 0.796. The predicted molar refractivity (Wildman–Crippen MR) is 64.6 cm³/mol. The van der Waals surface area contributed by atoms with E-state index in [1.165, 1.54) is 6.07 Å². The summed E-state index contributed by atoms with van der Waals surface area (Å²) in [5.41, 5.74) is 7.35. The van der Waals surface area contributed by atoms with E-state index in [1.54, 1.807) is 6.07 Å². The molecule has 1 atom stereocenters. The van der Waals surface area contributed by atoms with Gasteiger partial charge < -0.3 is 10.6 Å². The van der Waals surface area contributed by atoms with E-state index in [0.717, 1.165) is 25.1 Å². The number of halogens is 2. The second kappa shape index (κ2) is 4.00. The molecule has 1 unspecified atom stereocenters. The van der Waals surface area contributed by atoms with Crippen molar-refractivity contribution in [2.45, 2.75) is 25.8 Å². The van der Waals surface area contributed by atoms with Crippen LogP contribution in [0.4, 0.5) is 15.8 Å². The van der Waals surface area contributed by atoms with Gasteiger partial charge in [0.05, 0.1) is 15.8 Å². The molecule has 2 rings (SSSR count). The Labute approximate surface area is 97.4 Å². The molecule has 0 spiro atoms. The van der Waals surface area contributed by atoms with Gasteiger partial charge in [-0.15, -0.1) is 0 Å². The lowest BCUT2D eigenvalue weighted by Crippen LogP contribution is -2.27. The van der Waals surface area contributed by atoms with Crippen LogP contribution in [0, 0.1) is 5.82 Å². The molecule has 1 aromatic carbocycles. The fourth-order valence-electron chi connectivity index (χ4n) is 2.09. The van der Waals surface area contributed by atoms with Crippen LogP contribution in [0.5, 0.6) is 0 Å². The maximum absolute atomic E-state index is 13.4. The van der Waals surface area contributed by atoms with Gasteiger partial charge in [-0.05, 0) is 41.8 Å². The number of nitrogens with two attached hydrogens (primary N) is 1. The predicted octanol–water partition coefficient (Wildman–Crippen LogP) is 3.16. The molecule has 2 N–H and O–H groups in total. The first-order chi connectivity index (χ1) is 7.09. The summed E-state index contributed by atoms with van der Waals surface area (Å²) >= 11 is 3.13. The van der Waals surface area contributed by atoms with Crippen molar-refractivity contribution >= 4 is 27.3 Å². The third-order valence-electron chi connectivity index (χ3n) is 2.93. The standard InChI is InChI=1S/C11H14BrFN2/c1-7-3-2-4-15(7)11-6-9(13)8(12)5-10(11)14/h5-7H,2-4,14H2,1H3. The second-order valence-corrected chi connectivity index (χ2v) is 4.86. The fraction of sp³-hybridized carbons (Fsp3) is 0.455. The minimum atomic E-state index is -0.252. The zero-order valence-corrected chi connectivity index (χ0v) is 10.2. The van der Waals surface area contributed by atoms with E-state index in [4.69, 9.17) is 5.73 Å². The van der Waals surface area contributed by atoms with E-state index in [1.807, 2.05) is 0 Å². The summed E-state index contributed by atoms with van der Waals surface area (Å²) in [6.07, 6.45) is 2.30. The molecule has 0 radical (unpaired) electrons. The highest BCUT2D eigenvalue weighted by Gasteiger charge is 2.23. The third-order valence-corrected chi connectivity index (χ3v) is 3.54. The Kier molecular flexibility index (Phi) is 2.87. The first-order valence-electron chi connectivity index (χ1n) is 5.10. The molecular weight excluding hydrogens is 259 g/mol. The Morgan fingerprint density at radius 3 is 2.87 bits per heavy atom. The van der Waals surface area contributed by atoms with Crippen LogP contribution in [0.1, 0.15) is 19.8 Å². The largest absolute Gasteiger partial charge is 0.397 e. The van der Waals surface area contributed by atoms with Crippen LogP contribution < -0.4 is 10.6 Å². The van der Waals surface area contributed by atoms with E-state index in [9.17, 15) is 4.39 Å². The molecule has 82 valence electrons. The number of nitrogens with zero attached hydrogens (tertiary/aromatic N) is 1. The van der Waals surface area contributed by atoms with Crippen LogP contribution in [0.25, 0.3) is 0 Å². The van der Waals surface area contributed by atoms with Gasteiger partial charge in [-0.3, -0.25) is 0 Å². The van der Waals surface area contributed by atoms with Crippen LogP contribution in [0.15, 0.2) is 16.6 Å². The molecule has 0 aliphatic carbocycles. The van der Waals surface area contributed by atoms with Crippen LogP contribution in [0.3, 0.4) is 0 Å². The van der Waals surface area contributed by atoms with Gasteiger partial charge in [0.25, 0.3) is 0 Å². The maximum atomic E-state index is 13.4. The summed E-state index contributed by atoms with van der Waals surface area (Å²) in [7, 11) is 0. The molecule has 1 saturated heterocycles. The second-order valence-electron chi connectivity index (χ2n) is 4.01. The molecule has 0 aromatic heterocycles. The molecule has 1 heterocycles. The van der Waals surface area contributed by atoms with E-state index in [-0.39, 0.29) is 5.82 Å². The SMILES string of the molecule is CC1CCCN1c1cc(F)c(Br)cc1N. The molecule has 1 aromatic rings. The van der Waals surface area contributed by atoms with Crippen molar-refractivity contribution in [2.24, 2.45) is 0 Å². The summed E-state index contributed by atoms with van der Waals surface area (Å²) < 4.78 is 13.8. The number of benzene rings is 1. The summed E-state index contributed by atoms with van der Waals surface area (Å²) in [6.45, 7) is 3.11. The molecule has 0 saturated carbocycles. The molecule has 1 aliphatic rings. The number of anilines is 2. The van der Waals surface area contributed by atoms with E-state index < -0.39 is 0 Å². The lowest BCUT2D eigenvalue weighted by Gasteiger charge is -2.25. The lowest BCUT2D eigenvalue weighted by atomic mass is 10.2. The zero-order chi connectivity index (χ0) is 11.0. The number of hydrogen-bond donors (Lipinski definition) is 1. The molecule has 15 heavy (non-hydrogen) atoms. The van der Waals surface area contributed by atoms with Crippen LogP contribution >= 0.6 is 15.9 Å². The van der Waals surface area contributed by atoms with Gasteiger partial charge in [0.1, 0.15) is 5.82 Å². The van der Waals surface area contributed by atoms with Gasteiger partial charge in [-0.25, -0.2) is 4.39 Å². The normalized spacial score (nSPS) is 21.0. The lowest BCUT2D eigenvalue weighted by molar-refractivity contribution is 0.619. The molecular formula is C11H14BrFN2. The first-order valence-corrected chi connectivity index (χ1v) is 5.90. The summed E-state index contributed by atoms with van der Waals surface area (Å²) in [4.78, 5) is 2.17. The molecule has 0 bridgehead atoms. The monoisotopic (exact) mass is 272 g/mol. The minimum Gasteiger partial charge on any atom is -0.397 e. The highest BCUT2D eigenvalue weighted by molar-refractivity contribution is 9.10. The van der Waals surface area contributed by atoms with E-state index >= 15 is 0 Å². The Hall–Kier alpha value is -0.770. The zero-order valence-electron chi connectivity index (χ0n) is 8.63. The highest BCUT2D eigenvalue weighted by Crippen LogP contribution is 2.33. The Balaban J connectivity index is 2.39. The van der Waals surface area contributed by atoms with Gasteiger partial charge in [0.2, 0.25) is 0 Å². The fourth-order valence-corrected chi connectivity index (χ4v) is 2.45. The third kappa shape index (κ3) is 1.95. The van der Waals surface area contributed by atoms with E-state index in [2.05, 4.69) is 27.8 Å². The average Bonchev–Trinajstić information content (AvgIpc) is 2.58. The van der Waals surface area contributed by atoms with Crippen molar-refractivity contribution in [1.82, 2.24) is 0 Å². The van der Waals surface area contributed by atoms with Crippen molar-refractivity contribution < 1.29 is 4.39 Å². The Bertz CT molecular complexity index is 381. The summed E-state index contributed by atoms with van der Waals surface area (Å²) in [6, 6.07) is 3.60. The summed E-state index contributed by atoms with van der Waals surface area (Å²) in [5, 5.41) is 0. The van der Waals surface area contributed by atoms with Crippen molar-refractivity contribution in [3.63, 3.8) is 0 Å². The maximum Gasteiger partial charge on any atom is 0.139 e. The molecule has 2 nitrogen and oxygen atoms in total. The average molecular weight is 273 g/mol. The van der Waals surface area contributed by atoms with Gasteiger partial charge >= 0.3 is 0 Å². The topological polar surface area (TPSA) is 29.3 Å². The smallest absolute Gasteiger partial charge is 0.139 e. The van der Waals surface area contributed by atoms with Crippen molar-refractivity contribution in [1.29, 1.82) is 0 Å². The first kappa shape index (κ1) is 10.7. The van der Waals surface area contributed by atoms with Crippen LogP contribution in [-0.4, -0.2) is 12.6 Å².